The molecule has 0 unspecified atom stereocenters. The molecule has 0 radical (unpaired) electrons. The van der Waals surface area contributed by atoms with Gasteiger partial charge in [0.25, 0.3) is 5.91 Å². The van der Waals surface area contributed by atoms with Gasteiger partial charge in [0.15, 0.2) is 0 Å². The minimum absolute atomic E-state index is 0.217. The predicted octanol–water partition coefficient (Wildman–Crippen LogP) is 2.00. The van der Waals surface area contributed by atoms with E-state index in [2.05, 4.69) is 10.4 Å². The number of hydrogen-bond donors (Lipinski definition) is 2. The van der Waals surface area contributed by atoms with E-state index in [0.29, 0.717) is 12.1 Å². The first-order chi connectivity index (χ1) is 9.81. The lowest BCUT2D eigenvalue weighted by atomic mass is 10.1. The predicted molar refractivity (Wildman–Crippen MR) is 79.4 cm³/mol. The van der Waals surface area contributed by atoms with E-state index in [1.807, 2.05) is 20.9 Å². The number of nitrogens with zero attached hydrogens (tertiary/aromatic N) is 2. The Balaban J connectivity index is 2.16. The largest absolute Gasteiger partial charge is 0.398 e. The van der Waals surface area contributed by atoms with Gasteiger partial charge in [-0.25, -0.2) is 4.39 Å². The van der Waals surface area contributed by atoms with Crippen LogP contribution in [-0.4, -0.2) is 15.7 Å². The number of nitrogens with two attached hydrogens (primary N) is 1. The fourth-order valence-corrected chi connectivity index (χ4v) is 2.18. The van der Waals surface area contributed by atoms with Crippen LogP contribution in [0, 0.1) is 26.6 Å². The van der Waals surface area contributed by atoms with Crippen LogP contribution in [0.3, 0.4) is 0 Å². The third kappa shape index (κ3) is 2.89. The monoisotopic (exact) mass is 290 g/mol. The first-order valence-corrected chi connectivity index (χ1v) is 6.64. The molecule has 0 saturated heterocycles. The van der Waals surface area contributed by atoms with Gasteiger partial charge >= 0.3 is 0 Å². The number of carbonyl (C=O) groups excluding carboxylic acids is 1. The molecule has 0 spiro atoms. The summed E-state index contributed by atoms with van der Waals surface area (Å²) in [6.07, 6.45) is 0. The first kappa shape index (κ1) is 15.0. The van der Waals surface area contributed by atoms with E-state index in [-0.39, 0.29) is 17.2 Å². The number of carbonyl (C=O) groups is 1. The van der Waals surface area contributed by atoms with Crippen molar-refractivity contribution in [2.75, 3.05) is 5.73 Å². The van der Waals surface area contributed by atoms with Crippen LogP contribution in [0.4, 0.5) is 10.1 Å². The van der Waals surface area contributed by atoms with Crippen molar-refractivity contribution in [2.24, 2.45) is 7.05 Å². The molecule has 0 aliphatic heterocycles. The number of aromatic nitrogens is 2. The Kier molecular flexibility index (Phi) is 3.97. The zero-order valence-corrected chi connectivity index (χ0v) is 12.6. The highest BCUT2D eigenvalue weighted by Crippen LogP contribution is 2.18. The van der Waals surface area contributed by atoms with Gasteiger partial charge in [0.1, 0.15) is 5.82 Å². The van der Waals surface area contributed by atoms with Crippen LogP contribution >= 0.6 is 0 Å². The molecular weight excluding hydrogens is 271 g/mol. The number of rotatable bonds is 3. The molecule has 0 saturated carbocycles. The Bertz CT molecular complexity index is 683. The van der Waals surface area contributed by atoms with Crippen molar-refractivity contribution in [3.63, 3.8) is 0 Å². The number of nitrogen functional groups attached to an aromatic ring is 1. The number of benzene rings is 1. The quantitative estimate of drug-likeness (QED) is 0.849. The summed E-state index contributed by atoms with van der Waals surface area (Å²) in [6.45, 7) is 5.75. The summed E-state index contributed by atoms with van der Waals surface area (Å²) < 4.78 is 15.4. The van der Waals surface area contributed by atoms with Gasteiger partial charge in [-0.2, -0.15) is 5.10 Å². The van der Waals surface area contributed by atoms with Crippen molar-refractivity contribution in [3.05, 3.63) is 46.0 Å². The molecule has 5 nitrogen and oxygen atoms in total. The molecule has 1 heterocycles. The Morgan fingerprint density at radius 2 is 2.05 bits per heavy atom. The summed E-state index contributed by atoms with van der Waals surface area (Å²) >= 11 is 0. The second-order valence-electron chi connectivity index (χ2n) is 5.13. The van der Waals surface area contributed by atoms with Crippen molar-refractivity contribution in [1.29, 1.82) is 0 Å². The van der Waals surface area contributed by atoms with Crippen molar-refractivity contribution in [2.45, 2.75) is 27.3 Å². The van der Waals surface area contributed by atoms with Gasteiger partial charge in [-0.05, 0) is 32.9 Å². The zero-order valence-electron chi connectivity index (χ0n) is 12.6. The Hall–Kier alpha value is -2.37. The smallest absolute Gasteiger partial charge is 0.251 e. The lowest BCUT2D eigenvalue weighted by molar-refractivity contribution is 0.0950. The van der Waals surface area contributed by atoms with Crippen molar-refractivity contribution in [1.82, 2.24) is 15.1 Å². The summed E-state index contributed by atoms with van der Waals surface area (Å²) in [5.41, 5.74) is 9.34. The standard InChI is InChI=1S/C15H19FN4O/c1-8-13(16)5-11(6-14(8)17)15(21)18-7-12-9(2)19-20(4)10(12)3/h5-6H,7,17H2,1-4H3,(H,18,21). The van der Waals surface area contributed by atoms with Crippen molar-refractivity contribution >= 4 is 11.6 Å². The molecule has 112 valence electrons. The van der Waals surface area contributed by atoms with Crippen LogP contribution in [0.15, 0.2) is 12.1 Å². The molecule has 1 amide bonds. The molecule has 0 aliphatic carbocycles. The van der Waals surface area contributed by atoms with Crippen LogP contribution in [0.25, 0.3) is 0 Å². The summed E-state index contributed by atoms with van der Waals surface area (Å²) in [5.74, 6) is -0.836. The third-order valence-electron chi connectivity index (χ3n) is 3.73. The van der Waals surface area contributed by atoms with Crippen LogP contribution in [0.1, 0.15) is 32.9 Å². The van der Waals surface area contributed by atoms with Gasteiger partial charge in [0.05, 0.1) is 5.69 Å². The van der Waals surface area contributed by atoms with E-state index in [4.69, 9.17) is 5.73 Å². The summed E-state index contributed by atoms with van der Waals surface area (Å²) in [6, 6.07) is 2.68. The van der Waals surface area contributed by atoms with Crippen molar-refractivity contribution < 1.29 is 9.18 Å². The maximum Gasteiger partial charge on any atom is 0.251 e. The van der Waals surface area contributed by atoms with Crippen LogP contribution in [0.5, 0.6) is 0 Å². The van der Waals surface area contributed by atoms with E-state index in [0.717, 1.165) is 17.0 Å². The highest BCUT2D eigenvalue weighted by molar-refractivity contribution is 5.95. The molecular formula is C15H19FN4O. The summed E-state index contributed by atoms with van der Waals surface area (Å²) in [7, 11) is 1.85. The zero-order chi connectivity index (χ0) is 15.7. The fraction of sp³-hybridized carbons (Fsp3) is 0.333. The highest BCUT2D eigenvalue weighted by Gasteiger charge is 2.13. The SMILES string of the molecule is Cc1nn(C)c(C)c1CNC(=O)c1cc(N)c(C)c(F)c1. The van der Waals surface area contributed by atoms with Crippen LogP contribution in [-0.2, 0) is 13.6 Å². The number of anilines is 1. The van der Waals surface area contributed by atoms with Gasteiger partial charge in [0, 0.05) is 41.7 Å². The van der Waals surface area contributed by atoms with Gasteiger partial charge in [-0.15, -0.1) is 0 Å². The molecule has 0 bridgehead atoms. The summed E-state index contributed by atoms with van der Waals surface area (Å²) in [5, 5.41) is 7.06. The average Bonchev–Trinajstić information content (AvgIpc) is 2.66. The number of aryl methyl sites for hydroxylation is 2. The molecule has 0 fully saturated rings. The lowest BCUT2D eigenvalue weighted by Gasteiger charge is -2.08. The molecule has 0 atom stereocenters. The van der Waals surface area contributed by atoms with E-state index < -0.39 is 5.82 Å². The third-order valence-corrected chi connectivity index (χ3v) is 3.73. The Morgan fingerprint density at radius 1 is 1.38 bits per heavy atom. The molecule has 1 aromatic carbocycles. The van der Waals surface area contributed by atoms with E-state index in [1.165, 1.54) is 12.1 Å². The molecule has 2 aromatic rings. The number of nitrogens with one attached hydrogen (secondary N) is 1. The second kappa shape index (κ2) is 5.55. The summed E-state index contributed by atoms with van der Waals surface area (Å²) in [4.78, 5) is 12.1. The lowest BCUT2D eigenvalue weighted by Crippen LogP contribution is -2.23. The number of hydrogen-bond acceptors (Lipinski definition) is 3. The number of halogens is 1. The normalized spacial score (nSPS) is 10.7. The fourth-order valence-electron chi connectivity index (χ4n) is 2.18. The number of amides is 1. The maximum atomic E-state index is 13.6. The molecule has 21 heavy (non-hydrogen) atoms. The molecule has 2 rings (SSSR count). The topological polar surface area (TPSA) is 72.9 Å². The molecule has 1 aromatic heterocycles. The second-order valence-corrected chi connectivity index (χ2v) is 5.13. The molecule has 6 heteroatoms. The van der Waals surface area contributed by atoms with Crippen molar-refractivity contribution in [3.8, 4) is 0 Å². The first-order valence-electron chi connectivity index (χ1n) is 6.64. The van der Waals surface area contributed by atoms with Gasteiger partial charge in [0.2, 0.25) is 0 Å². The van der Waals surface area contributed by atoms with Crippen LogP contribution in [0.2, 0.25) is 0 Å². The van der Waals surface area contributed by atoms with E-state index in [9.17, 15) is 9.18 Å². The highest BCUT2D eigenvalue weighted by atomic mass is 19.1. The van der Waals surface area contributed by atoms with Gasteiger partial charge in [-0.3, -0.25) is 9.48 Å². The van der Waals surface area contributed by atoms with E-state index >= 15 is 0 Å². The Labute approximate surface area is 123 Å². The van der Waals surface area contributed by atoms with E-state index in [1.54, 1.807) is 11.6 Å². The maximum absolute atomic E-state index is 13.6. The van der Waals surface area contributed by atoms with Gasteiger partial charge in [-0.1, -0.05) is 0 Å². The van der Waals surface area contributed by atoms with Crippen LogP contribution < -0.4 is 11.1 Å². The van der Waals surface area contributed by atoms with Gasteiger partial charge < -0.3 is 11.1 Å². The average molecular weight is 290 g/mol. The molecule has 0 aliphatic rings. The molecule has 3 N–H and O–H groups in total. The minimum Gasteiger partial charge on any atom is -0.398 e. The Morgan fingerprint density at radius 3 is 2.57 bits per heavy atom. The minimum atomic E-state index is -0.478.